The molecule has 0 aliphatic heterocycles. The van der Waals surface area contributed by atoms with E-state index in [1.54, 1.807) is 33.2 Å². The zero-order valence-electron chi connectivity index (χ0n) is 18.7. The fourth-order valence-electron chi connectivity index (χ4n) is 3.28. The molecule has 0 fully saturated rings. The Morgan fingerprint density at radius 3 is 2.44 bits per heavy atom. The minimum absolute atomic E-state index is 0.0122. The number of nitrogens with zero attached hydrogens (tertiary/aromatic N) is 3. The highest BCUT2D eigenvalue weighted by Gasteiger charge is 2.49. The second kappa shape index (κ2) is 8.12. The number of rotatable bonds is 6. The third kappa shape index (κ3) is 4.50. The van der Waals surface area contributed by atoms with Gasteiger partial charge in [0.1, 0.15) is 35.6 Å². The maximum Gasteiger partial charge on any atom is 0.303 e. The highest BCUT2D eigenvalue weighted by atomic mass is 31.2. The molecular formula is C22H26F3N4O2P. The van der Waals surface area contributed by atoms with E-state index < -0.39 is 36.1 Å². The molecule has 3 rings (SSSR count). The van der Waals surface area contributed by atoms with Crippen molar-refractivity contribution in [2.75, 3.05) is 18.6 Å². The van der Waals surface area contributed by atoms with Gasteiger partial charge in [0, 0.05) is 10.9 Å². The minimum Gasteiger partial charge on any atom is -0.384 e. The van der Waals surface area contributed by atoms with Crippen LogP contribution in [0.1, 0.15) is 43.8 Å². The van der Waals surface area contributed by atoms with Crippen LogP contribution in [0.4, 0.5) is 19.0 Å². The first-order chi connectivity index (χ1) is 14.6. The van der Waals surface area contributed by atoms with E-state index in [4.69, 9.17) is 0 Å². The van der Waals surface area contributed by atoms with Gasteiger partial charge in [0.25, 0.3) is 0 Å². The van der Waals surface area contributed by atoms with E-state index >= 15 is 4.39 Å². The highest BCUT2D eigenvalue weighted by molar-refractivity contribution is 7.69. The highest BCUT2D eigenvalue weighted by Crippen LogP contribution is 2.41. The van der Waals surface area contributed by atoms with E-state index in [2.05, 4.69) is 20.3 Å². The quantitative estimate of drug-likeness (QED) is 0.510. The SMILES string of the molecule is Cc1nc(NC(C)c2cccc(C(F)(F)C(C)(C)O)c2F)c2cc(P(C)(C)=O)ncc2n1. The average Bonchev–Trinajstić information content (AvgIpc) is 2.65. The number of aryl methyl sites for hydroxylation is 1. The lowest BCUT2D eigenvalue weighted by atomic mass is 9.91. The minimum atomic E-state index is -3.80. The van der Waals surface area contributed by atoms with Crippen LogP contribution in [0.2, 0.25) is 0 Å². The normalized spacial score (nSPS) is 13.9. The average molecular weight is 466 g/mol. The largest absolute Gasteiger partial charge is 0.384 e. The van der Waals surface area contributed by atoms with Gasteiger partial charge in [-0.05, 0) is 53.2 Å². The van der Waals surface area contributed by atoms with Gasteiger partial charge in [0.15, 0.2) is 0 Å². The summed E-state index contributed by atoms with van der Waals surface area (Å²) in [5.74, 6) is -4.13. The Kier molecular flexibility index (Phi) is 6.13. The van der Waals surface area contributed by atoms with Gasteiger partial charge in [-0.25, -0.2) is 14.4 Å². The summed E-state index contributed by atoms with van der Waals surface area (Å²) in [6.45, 7) is 8.34. The molecule has 172 valence electrons. The number of fused-ring (bicyclic) bond motifs is 1. The summed E-state index contributed by atoms with van der Waals surface area (Å²) in [7, 11) is -2.66. The molecule has 3 aromatic rings. The zero-order valence-corrected chi connectivity index (χ0v) is 19.6. The van der Waals surface area contributed by atoms with E-state index in [0.29, 0.717) is 28.0 Å². The van der Waals surface area contributed by atoms with Crippen molar-refractivity contribution >= 4 is 29.3 Å². The van der Waals surface area contributed by atoms with Crippen LogP contribution >= 0.6 is 7.14 Å². The Labute approximate surface area is 184 Å². The number of aliphatic hydroxyl groups is 1. The molecule has 0 radical (unpaired) electrons. The van der Waals surface area contributed by atoms with Crippen molar-refractivity contribution in [1.29, 1.82) is 0 Å². The number of alkyl halides is 2. The van der Waals surface area contributed by atoms with Gasteiger partial charge in [0.05, 0.1) is 23.3 Å². The van der Waals surface area contributed by atoms with Crippen molar-refractivity contribution in [1.82, 2.24) is 15.0 Å². The molecule has 2 N–H and O–H groups in total. The molecule has 1 aromatic carbocycles. The fourth-order valence-corrected chi connectivity index (χ4v) is 4.06. The smallest absolute Gasteiger partial charge is 0.303 e. The molecule has 2 heterocycles. The summed E-state index contributed by atoms with van der Waals surface area (Å²) in [6.07, 6.45) is 1.50. The van der Waals surface area contributed by atoms with Crippen molar-refractivity contribution in [3.8, 4) is 0 Å². The van der Waals surface area contributed by atoms with Crippen LogP contribution in [0, 0.1) is 12.7 Å². The summed E-state index contributed by atoms with van der Waals surface area (Å²) in [6, 6.07) is 4.55. The monoisotopic (exact) mass is 466 g/mol. The number of benzene rings is 1. The lowest BCUT2D eigenvalue weighted by Crippen LogP contribution is -2.41. The van der Waals surface area contributed by atoms with Crippen LogP contribution in [0.25, 0.3) is 10.9 Å². The van der Waals surface area contributed by atoms with Gasteiger partial charge in [-0.1, -0.05) is 12.1 Å². The molecule has 32 heavy (non-hydrogen) atoms. The zero-order chi connectivity index (χ0) is 24.1. The fraction of sp³-hybridized carbons (Fsp3) is 0.409. The summed E-state index contributed by atoms with van der Waals surface area (Å²) in [4.78, 5) is 12.9. The van der Waals surface area contributed by atoms with Crippen LogP contribution in [0.5, 0.6) is 0 Å². The van der Waals surface area contributed by atoms with Crippen molar-refractivity contribution in [3.63, 3.8) is 0 Å². The lowest BCUT2D eigenvalue weighted by molar-refractivity contribution is -0.170. The van der Waals surface area contributed by atoms with Gasteiger partial charge < -0.3 is 15.0 Å². The molecule has 1 unspecified atom stereocenters. The Hall–Kier alpha value is -2.51. The number of hydrogen-bond acceptors (Lipinski definition) is 6. The number of aromatic nitrogens is 3. The molecule has 0 aliphatic rings. The van der Waals surface area contributed by atoms with Crippen molar-refractivity contribution in [2.45, 2.75) is 45.3 Å². The molecular weight excluding hydrogens is 440 g/mol. The predicted molar refractivity (Wildman–Crippen MR) is 120 cm³/mol. The topological polar surface area (TPSA) is 88.0 Å². The Morgan fingerprint density at radius 2 is 1.84 bits per heavy atom. The number of anilines is 1. The van der Waals surface area contributed by atoms with E-state index in [-0.39, 0.29) is 5.56 Å². The number of hydrogen-bond donors (Lipinski definition) is 2. The third-order valence-electron chi connectivity index (χ3n) is 5.19. The summed E-state index contributed by atoms with van der Waals surface area (Å²) >= 11 is 0. The van der Waals surface area contributed by atoms with Gasteiger partial charge in [-0.15, -0.1) is 0 Å². The molecule has 0 spiro atoms. The van der Waals surface area contributed by atoms with Crippen molar-refractivity contribution in [3.05, 3.63) is 53.2 Å². The lowest BCUT2D eigenvalue weighted by Gasteiger charge is -2.30. The third-order valence-corrected chi connectivity index (χ3v) is 6.53. The number of pyridine rings is 1. The first-order valence-electron chi connectivity index (χ1n) is 9.98. The molecule has 1 atom stereocenters. The van der Waals surface area contributed by atoms with Crippen LogP contribution in [-0.2, 0) is 10.5 Å². The summed E-state index contributed by atoms with van der Waals surface area (Å²) in [5, 5.41) is 13.5. The second-order valence-electron chi connectivity index (χ2n) is 8.74. The molecule has 10 heteroatoms. The van der Waals surface area contributed by atoms with Crippen LogP contribution < -0.4 is 10.8 Å². The maximum atomic E-state index is 15.2. The van der Waals surface area contributed by atoms with Crippen molar-refractivity contribution in [2.24, 2.45) is 0 Å². The van der Waals surface area contributed by atoms with E-state index in [1.165, 1.54) is 18.3 Å². The van der Waals surface area contributed by atoms with Gasteiger partial charge in [-0.3, -0.25) is 4.98 Å². The van der Waals surface area contributed by atoms with E-state index in [9.17, 15) is 18.5 Å². The van der Waals surface area contributed by atoms with E-state index in [0.717, 1.165) is 19.9 Å². The molecule has 0 saturated carbocycles. The summed E-state index contributed by atoms with van der Waals surface area (Å²) in [5.41, 5.74) is -2.44. The Morgan fingerprint density at radius 1 is 1.19 bits per heavy atom. The van der Waals surface area contributed by atoms with Gasteiger partial charge in [0.2, 0.25) is 0 Å². The van der Waals surface area contributed by atoms with Crippen LogP contribution in [0.15, 0.2) is 30.5 Å². The van der Waals surface area contributed by atoms with Crippen LogP contribution in [-0.4, -0.2) is 39.0 Å². The Bertz CT molecular complexity index is 1220. The predicted octanol–water partition coefficient (Wildman–Crippen LogP) is 4.76. The molecule has 2 aromatic heterocycles. The standard InChI is InChI=1S/C22H26F3N4O2P/c1-12(14-8-7-9-16(19(14)23)22(24,25)21(3,4)30)27-20-15-10-18(32(5,6)31)26-11-17(15)28-13(2)29-20/h7-12,30H,1-6H3,(H,27,28,29). The van der Waals surface area contributed by atoms with E-state index in [1.807, 2.05) is 0 Å². The molecule has 6 nitrogen and oxygen atoms in total. The van der Waals surface area contributed by atoms with Crippen molar-refractivity contribution < 1.29 is 22.8 Å². The molecule has 0 aliphatic carbocycles. The number of halogens is 3. The maximum absolute atomic E-state index is 15.2. The first-order valence-corrected chi connectivity index (χ1v) is 12.6. The van der Waals surface area contributed by atoms with Crippen LogP contribution in [0.3, 0.4) is 0 Å². The molecule has 0 amide bonds. The summed E-state index contributed by atoms with van der Waals surface area (Å²) < 4.78 is 56.9. The molecule has 0 bridgehead atoms. The molecule has 0 saturated heterocycles. The first kappa shape index (κ1) is 24.1. The number of nitrogens with one attached hydrogen (secondary N) is 1. The second-order valence-corrected chi connectivity index (χ2v) is 11.9. The Balaban J connectivity index is 2.07. The van der Waals surface area contributed by atoms with Gasteiger partial charge in [-0.2, -0.15) is 8.78 Å². The van der Waals surface area contributed by atoms with Gasteiger partial charge >= 0.3 is 5.92 Å².